The number of nitrogens with one attached hydrogen (secondary N) is 2. The average molecular weight is 883 g/mol. The molecule has 2 N–H and O–H groups in total. The molecule has 64 heavy (non-hydrogen) atoms. The Labute approximate surface area is 376 Å². The van der Waals surface area contributed by atoms with E-state index in [-0.39, 0.29) is 18.3 Å². The van der Waals surface area contributed by atoms with Gasteiger partial charge in [0.2, 0.25) is 5.91 Å². The van der Waals surface area contributed by atoms with Gasteiger partial charge in [0.25, 0.3) is 0 Å². The maximum Gasteiger partial charge on any atom is 0.220 e. The van der Waals surface area contributed by atoms with E-state index in [1.807, 2.05) is 25.4 Å². The fourth-order valence-electron chi connectivity index (χ4n) is 8.97. The van der Waals surface area contributed by atoms with Crippen molar-refractivity contribution in [2.45, 2.75) is 66.1 Å². The molecule has 0 radical (unpaired) electrons. The third kappa shape index (κ3) is 9.60. The number of fused-ring (bicyclic) bond motifs is 4. The molecule has 0 aliphatic carbocycles. The van der Waals surface area contributed by atoms with Gasteiger partial charge in [0, 0.05) is 90.4 Å². The van der Waals surface area contributed by atoms with Gasteiger partial charge in [-0.3, -0.25) is 9.69 Å². The number of carbonyl (C=O) groups excluding carboxylic acids is 1. The lowest BCUT2D eigenvalue weighted by Gasteiger charge is -2.27. The second-order valence-electron chi connectivity index (χ2n) is 16.5. The number of nitrogens with zero attached hydrogens (tertiary/aromatic N) is 6. The van der Waals surface area contributed by atoms with Gasteiger partial charge in [0.1, 0.15) is 18.2 Å². The predicted molar refractivity (Wildman–Crippen MR) is 251 cm³/mol. The minimum absolute atomic E-state index is 0.0528. The molecular weight excluding hydrogens is 828 g/mol. The molecule has 4 aromatic heterocycles. The van der Waals surface area contributed by atoms with Crippen LogP contribution >= 0.6 is 11.3 Å². The van der Waals surface area contributed by atoms with Crippen molar-refractivity contribution < 1.29 is 23.2 Å². The van der Waals surface area contributed by atoms with Crippen LogP contribution in [0.5, 0.6) is 5.75 Å². The van der Waals surface area contributed by atoms with Crippen molar-refractivity contribution in [2.24, 2.45) is 0 Å². The van der Waals surface area contributed by atoms with Gasteiger partial charge in [-0.1, -0.05) is 35.5 Å². The van der Waals surface area contributed by atoms with E-state index in [0.717, 1.165) is 102 Å². The first kappa shape index (κ1) is 43.3. The molecule has 0 spiro atoms. The number of aryl methyl sites for hydroxylation is 5. The fourth-order valence-corrected chi connectivity index (χ4v) is 9.53. The van der Waals surface area contributed by atoms with Crippen LogP contribution in [-0.4, -0.2) is 87.6 Å². The van der Waals surface area contributed by atoms with E-state index in [1.165, 1.54) is 27.4 Å². The lowest BCUT2D eigenvalue weighted by molar-refractivity contribution is -0.121. The summed E-state index contributed by atoms with van der Waals surface area (Å²) in [5, 5.41) is 15.1. The molecule has 1 amide bonds. The molecule has 0 unspecified atom stereocenters. The van der Waals surface area contributed by atoms with Gasteiger partial charge in [-0.05, 0) is 99.3 Å². The number of hydrogen-bond acceptors (Lipinski definition) is 10. The van der Waals surface area contributed by atoms with Crippen molar-refractivity contribution in [3.05, 3.63) is 118 Å². The largest absolute Gasteiger partial charge is 0.489 e. The Morgan fingerprint density at radius 1 is 0.875 bits per heavy atom. The molecule has 4 aromatic carbocycles. The molecule has 332 valence electrons. The molecule has 9 rings (SSSR count). The highest BCUT2D eigenvalue weighted by Gasteiger charge is 2.19. The van der Waals surface area contributed by atoms with Crippen LogP contribution < -0.4 is 15.4 Å². The molecule has 12 nitrogen and oxygen atoms in total. The second kappa shape index (κ2) is 19.9. The van der Waals surface area contributed by atoms with Crippen LogP contribution in [0, 0.1) is 19.7 Å². The summed E-state index contributed by atoms with van der Waals surface area (Å²) in [6, 6.07) is 24.7. The van der Waals surface area contributed by atoms with E-state index in [0.29, 0.717) is 45.3 Å². The normalized spacial score (nSPS) is 13.4. The van der Waals surface area contributed by atoms with Crippen LogP contribution in [0.1, 0.15) is 48.2 Å². The molecule has 14 heteroatoms. The molecule has 8 aromatic rings. The number of morpholine rings is 1. The molecule has 1 saturated heterocycles. The summed E-state index contributed by atoms with van der Waals surface area (Å²) in [6.07, 6.45) is 2.36. The Hall–Kier alpha value is -5.93. The number of aromatic nitrogens is 5. The van der Waals surface area contributed by atoms with Gasteiger partial charge in [0.05, 0.1) is 47.7 Å². The average Bonchev–Trinajstić information content (AvgIpc) is 4.11. The van der Waals surface area contributed by atoms with Crippen molar-refractivity contribution in [3.8, 4) is 28.1 Å². The van der Waals surface area contributed by atoms with E-state index in [9.17, 15) is 4.79 Å². The number of hydrogen-bond donors (Lipinski definition) is 2. The third-order valence-corrected chi connectivity index (χ3v) is 12.9. The lowest BCUT2D eigenvalue weighted by atomic mass is 10.0. The van der Waals surface area contributed by atoms with E-state index >= 15 is 4.39 Å². The van der Waals surface area contributed by atoms with Crippen molar-refractivity contribution in [2.75, 3.05) is 52.5 Å². The number of amides is 1. The molecule has 1 aliphatic rings. The quantitative estimate of drug-likeness (QED) is 0.0767. The molecule has 0 saturated carbocycles. The Bertz CT molecular complexity index is 2860. The highest BCUT2D eigenvalue weighted by molar-refractivity contribution is 7.07. The highest BCUT2D eigenvalue weighted by atomic mass is 32.1. The maximum absolute atomic E-state index is 15.3. The summed E-state index contributed by atoms with van der Waals surface area (Å²) in [6.45, 7) is 13.9. The molecule has 1 aliphatic heterocycles. The fraction of sp³-hybridized carbons (Fsp3) is 0.360. The molecule has 0 bridgehead atoms. The first-order chi connectivity index (χ1) is 31.3. The van der Waals surface area contributed by atoms with Crippen LogP contribution in [-0.2, 0) is 42.0 Å². The number of benzene rings is 4. The number of halogens is 1. The monoisotopic (exact) mass is 882 g/mol. The number of ether oxygens (including phenoxy) is 2. The van der Waals surface area contributed by atoms with Crippen LogP contribution in [0.15, 0.2) is 88.2 Å². The summed E-state index contributed by atoms with van der Waals surface area (Å²) in [7, 11) is 0. The van der Waals surface area contributed by atoms with E-state index in [4.69, 9.17) is 19.0 Å². The molecular formula is C50H55FN8O4S. The highest BCUT2D eigenvalue weighted by Crippen LogP contribution is 2.34. The number of thiazole rings is 1. The zero-order valence-corrected chi connectivity index (χ0v) is 37.6. The SMILES string of the molecule is CCn1c2ccc(CNCCCC(=O)NCCOc3ccc(CCc4nc5cc(-c6c(C)noc6C)ccc5n4CCN4CCOCC4)cc3F)cc2c2ccc(-c3cscn3)cc21. The number of rotatable bonds is 19. The standard InChI is InChI=1S/C50H55FN8O4S/c1-4-58-44-13-7-36(26-40(44)39-12-10-37(29-46(39)58)43-31-64-32-54-43)30-52-17-5-6-49(60)53-18-23-62-47-15-8-35(27-41(47)51)9-16-48-55-42-28-38(50-33(2)56-63-34(50)3)11-14-45(42)59(48)20-19-57-21-24-61-25-22-57/h7-8,10-15,26-29,31-32,52H,4-6,9,16-25,30H2,1-3H3,(H,53,60). The third-order valence-electron chi connectivity index (χ3n) is 12.3. The van der Waals surface area contributed by atoms with E-state index in [2.05, 4.69) is 102 Å². The minimum atomic E-state index is -0.420. The van der Waals surface area contributed by atoms with Crippen LogP contribution in [0.2, 0.25) is 0 Å². The topological polar surface area (TPSA) is 125 Å². The first-order valence-electron chi connectivity index (χ1n) is 22.4. The summed E-state index contributed by atoms with van der Waals surface area (Å²) >= 11 is 1.61. The summed E-state index contributed by atoms with van der Waals surface area (Å²) in [5.74, 6) is 1.44. The number of imidazole rings is 1. The Morgan fingerprint density at radius 2 is 1.72 bits per heavy atom. The second-order valence-corrected chi connectivity index (χ2v) is 17.2. The van der Waals surface area contributed by atoms with Crippen LogP contribution in [0.3, 0.4) is 0 Å². The summed E-state index contributed by atoms with van der Waals surface area (Å²) in [4.78, 5) is 24.6. The van der Waals surface area contributed by atoms with Gasteiger partial charge in [0.15, 0.2) is 11.6 Å². The van der Waals surface area contributed by atoms with Gasteiger partial charge < -0.3 is 33.8 Å². The van der Waals surface area contributed by atoms with Gasteiger partial charge in [-0.2, -0.15) is 0 Å². The van der Waals surface area contributed by atoms with Crippen molar-refractivity contribution in [1.29, 1.82) is 0 Å². The van der Waals surface area contributed by atoms with Crippen molar-refractivity contribution in [1.82, 2.24) is 39.8 Å². The van der Waals surface area contributed by atoms with E-state index < -0.39 is 5.82 Å². The predicted octanol–water partition coefficient (Wildman–Crippen LogP) is 8.88. The molecule has 1 fully saturated rings. The summed E-state index contributed by atoms with van der Waals surface area (Å²) in [5.41, 5.74) is 13.4. The Morgan fingerprint density at radius 3 is 2.52 bits per heavy atom. The van der Waals surface area contributed by atoms with Crippen molar-refractivity contribution in [3.63, 3.8) is 0 Å². The Kier molecular flexibility index (Phi) is 13.4. The van der Waals surface area contributed by atoms with Gasteiger partial charge >= 0.3 is 0 Å². The lowest BCUT2D eigenvalue weighted by Crippen LogP contribution is -2.38. The van der Waals surface area contributed by atoms with E-state index in [1.54, 1.807) is 23.5 Å². The molecule has 0 atom stereocenters. The smallest absolute Gasteiger partial charge is 0.220 e. The maximum atomic E-state index is 15.3. The first-order valence-corrected chi connectivity index (χ1v) is 23.3. The van der Waals surface area contributed by atoms with Gasteiger partial charge in [-0.25, -0.2) is 14.4 Å². The van der Waals surface area contributed by atoms with Crippen LogP contribution in [0.25, 0.3) is 55.2 Å². The van der Waals surface area contributed by atoms with Crippen molar-refractivity contribution >= 4 is 50.1 Å². The number of carbonyl (C=O) groups is 1. The minimum Gasteiger partial charge on any atom is -0.489 e. The zero-order chi connectivity index (χ0) is 44.0. The van der Waals surface area contributed by atoms with Crippen LogP contribution in [0.4, 0.5) is 4.39 Å². The Balaban J connectivity index is 0.729. The summed E-state index contributed by atoms with van der Waals surface area (Å²) < 4.78 is 36.7. The van der Waals surface area contributed by atoms with Gasteiger partial charge in [-0.15, -0.1) is 11.3 Å². The zero-order valence-electron chi connectivity index (χ0n) is 36.8. The molecule has 5 heterocycles.